The Bertz CT molecular complexity index is 678. The van der Waals surface area contributed by atoms with E-state index in [-0.39, 0.29) is 0 Å². The number of imidazole rings is 1. The molecule has 0 saturated carbocycles. The molecule has 3 aromatic rings. The highest BCUT2D eigenvalue weighted by atomic mass is 14.9. The summed E-state index contributed by atoms with van der Waals surface area (Å²) in [5, 5.41) is 2.77. The molecule has 1 aromatic heterocycles. The number of H-pyrrole nitrogens is 1. The molecule has 1 atom stereocenters. The van der Waals surface area contributed by atoms with E-state index in [1.807, 2.05) is 12.4 Å². The average molecular weight is 220 g/mol. The molecule has 0 spiro atoms. The Balaban J connectivity index is 2.01. The van der Waals surface area contributed by atoms with E-state index in [4.69, 9.17) is 0 Å². The Labute approximate surface area is 99.3 Å². The molecule has 0 saturated heterocycles. The molecule has 0 amide bonds. The second kappa shape index (κ2) is 3.20. The monoisotopic (exact) mass is 220 g/mol. The zero-order valence-electron chi connectivity index (χ0n) is 9.35. The van der Waals surface area contributed by atoms with Crippen LogP contribution >= 0.6 is 0 Å². The molecule has 1 aliphatic carbocycles. The van der Waals surface area contributed by atoms with E-state index >= 15 is 0 Å². The summed E-state index contributed by atoms with van der Waals surface area (Å²) in [5.41, 5.74) is 2.85. The molecule has 0 radical (unpaired) electrons. The fraction of sp³-hybridized carbons (Fsp3) is 0.133. The molecule has 0 bridgehead atoms. The summed E-state index contributed by atoms with van der Waals surface area (Å²) >= 11 is 0. The number of hydrogen-bond acceptors (Lipinski definition) is 1. The Morgan fingerprint density at radius 3 is 2.82 bits per heavy atom. The van der Waals surface area contributed by atoms with Crippen molar-refractivity contribution in [1.82, 2.24) is 9.97 Å². The van der Waals surface area contributed by atoms with E-state index in [1.165, 1.54) is 21.9 Å². The zero-order valence-corrected chi connectivity index (χ0v) is 9.35. The highest BCUT2D eigenvalue weighted by molar-refractivity contribution is 5.91. The van der Waals surface area contributed by atoms with E-state index in [0.29, 0.717) is 5.92 Å². The van der Waals surface area contributed by atoms with Crippen LogP contribution in [0.15, 0.2) is 48.8 Å². The van der Waals surface area contributed by atoms with Gasteiger partial charge in [0.2, 0.25) is 0 Å². The first-order valence-corrected chi connectivity index (χ1v) is 5.93. The van der Waals surface area contributed by atoms with E-state index in [9.17, 15) is 0 Å². The Hall–Kier alpha value is -2.09. The second-order valence-corrected chi connectivity index (χ2v) is 4.59. The van der Waals surface area contributed by atoms with Crippen molar-refractivity contribution < 1.29 is 0 Å². The molecule has 2 nitrogen and oxygen atoms in total. The zero-order chi connectivity index (χ0) is 11.2. The molecule has 0 aliphatic heterocycles. The van der Waals surface area contributed by atoms with Gasteiger partial charge in [0.25, 0.3) is 0 Å². The molecule has 2 aromatic carbocycles. The van der Waals surface area contributed by atoms with Gasteiger partial charge in [0.1, 0.15) is 5.82 Å². The van der Waals surface area contributed by atoms with Crippen LogP contribution in [0.5, 0.6) is 0 Å². The van der Waals surface area contributed by atoms with Crippen molar-refractivity contribution in [3.05, 3.63) is 65.7 Å². The van der Waals surface area contributed by atoms with Gasteiger partial charge in [-0.05, 0) is 28.3 Å². The molecule has 82 valence electrons. The van der Waals surface area contributed by atoms with E-state index in [0.717, 1.165) is 12.2 Å². The van der Waals surface area contributed by atoms with Gasteiger partial charge in [0.05, 0.1) is 0 Å². The first kappa shape index (κ1) is 8.99. The maximum Gasteiger partial charge on any atom is 0.113 e. The fourth-order valence-corrected chi connectivity index (χ4v) is 2.95. The van der Waals surface area contributed by atoms with Crippen molar-refractivity contribution >= 4 is 10.8 Å². The van der Waals surface area contributed by atoms with Gasteiger partial charge < -0.3 is 4.98 Å². The number of rotatable bonds is 1. The Morgan fingerprint density at radius 1 is 1.12 bits per heavy atom. The fourth-order valence-electron chi connectivity index (χ4n) is 2.95. The minimum atomic E-state index is 0.395. The lowest BCUT2D eigenvalue weighted by Gasteiger charge is -2.07. The van der Waals surface area contributed by atoms with Crippen LogP contribution < -0.4 is 0 Å². The molecular weight excluding hydrogens is 208 g/mol. The van der Waals surface area contributed by atoms with Crippen LogP contribution in [-0.4, -0.2) is 9.97 Å². The third kappa shape index (κ3) is 1.18. The second-order valence-electron chi connectivity index (χ2n) is 4.59. The highest BCUT2D eigenvalue weighted by Gasteiger charge is 2.26. The van der Waals surface area contributed by atoms with Crippen LogP contribution in [0, 0.1) is 0 Å². The molecule has 2 heteroatoms. The van der Waals surface area contributed by atoms with Crippen molar-refractivity contribution in [1.29, 1.82) is 0 Å². The average Bonchev–Trinajstić information content (AvgIpc) is 2.98. The van der Waals surface area contributed by atoms with Crippen LogP contribution in [0.3, 0.4) is 0 Å². The standard InChI is InChI=1S/C15H12N2/c1-3-10-4-2-6-12-13(15-16-7-8-17-15)9-11(5-1)14(10)12/h1-8,13H,9H2,(H,16,17). The number of nitrogens with zero attached hydrogens (tertiary/aromatic N) is 1. The molecular formula is C15H12N2. The van der Waals surface area contributed by atoms with Crippen LogP contribution in [0.1, 0.15) is 22.9 Å². The maximum atomic E-state index is 4.41. The van der Waals surface area contributed by atoms with Gasteiger partial charge in [-0.1, -0.05) is 36.4 Å². The number of aromatic amines is 1. The van der Waals surface area contributed by atoms with Gasteiger partial charge in [-0.2, -0.15) is 0 Å². The predicted molar refractivity (Wildman–Crippen MR) is 68.1 cm³/mol. The summed E-state index contributed by atoms with van der Waals surface area (Å²) in [6, 6.07) is 13.1. The van der Waals surface area contributed by atoms with Crippen molar-refractivity contribution in [2.45, 2.75) is 12.3 Å². The first-order valence-electron chi connectivity index (χ1n) is 5.93. The topological polar surface area (TPSA) is 28.7 Å². The smallest absolute Gasteiger partial charge is 0.113 e. The Kier molecular flexibility index (Phi) is 1.69. The van der Waals surface area contributed by atoms with E-state index < -0.39 is 0 Å². The van der Waals surface area contributed by atoms with Gasteiger partial charge >= 0.3 is 0 Å². The number of hydrogen-bond donors (Lipinski definition) is 1. The van der Waals surface area contributed by atoms with Crippen molar-refractivity contribution in [3.63, 3.8) is 0 Å². The summed E-state index contributed by atoms with van der Waals surface area (Å²) in [4.78, 5) is 7.66. The molecule has 1 aliphatic rings. The summed E-state index contributed by atoms with van der Waals surface area (Å²) in [7, 11) is 0. The highest BCUT2D eigenvalue weighted by Crippen LogP contribution is 2.40. The normalized spacial score (nSPS) is 17.8. The predicted octanol–water partition coefficient (Wildman–Crippen LogP) is 3.25. The van der Waals surface area contributed by atoms with Crippen LogP contribution in [0.2, 0.25) is 0 Å². The molecule has 0 fully saturated rings. The SMILES string of the molecule is c1cc2c3c(cccc3c1)C(c1ncc[nH]1)C2. The van der Waals surface area contributed by atoms with Crippen LogP contribution in [-0.2, 0) is 6.42 Å². The van der Waals surface area contributed by atoms with Crippen molar-refractivity contribution in [2.75, 3.05) is 0 Å². The first-order chi connectivity index (χ1) is 8.43. The van der Waals surface area contributed by atoms with Gasteiger partial charge in [-0.25, -0.2) is 4.98 Å². The lowest BCUT2D eigenvalue weighted by molar-refractivity contribution is 0.785. The van der Waals surface area contributed by atoms with Gasteiger partial charge in [0.15, 0.2) is 0 Å². The number of aromatic nitrogens is 2. The quantitative estimate of drug-likeness (QED) is 0.670. The maximum absolute atomic E-state index is 4.41. The lowest BCUT2D eigenvalue weighted by atomic mass is 9.99. The molecule has 1 unspecified atom stereocenters. The Morgan fingerprint density at radius 2 is 2.00 bits per heavy atom. The molecule has 4 rings (SSSR count). The third-order valence-corrected chi connectivity index (χ3v) is 3.67. The lowest BCUT2D eigenvalue weighted by Crippen LogP contribution is -2.00. The van der Waals surface area contributed by atoms with Crippen molar-refractivity contribution in [3.8, 4) is 0 Å². The largest absolute Gasteiger partial charge is 0.348 e. The van der Waals surface area contributed by atoms with E-state index in [2.05, 4.69) is 46.4 Å². The minimum Gasteiger partial charge on any atom is -0.348 e. The summed E-state index contributed by atoms with van der Waals surface area (Å²) < 4.78 is 0. The summed E-state index contributed by atoms with van der Waals surface area (Å²) in [6.07, 6.45) is 4.79. The molecule has 1 N–H and O–H groups in total. The number of nitrogens with one attached hydrogen (secondary N) is 1. The summed E-state index contributed by atoms with van der Waals surface area (Å²) in [6.45, 7) is 0. The van der Waals surface area contributed by atoms with Gasteiger partial charge in [-0.15, -0.1) is 0 Å². The minimum absolute atomic E-state index is 0.395. The van der Waals surface area contributed by atoms with Gasteiger partial charge in [0, 0.05) is 18.3 Å². The van der Waals surface area contributed by atoms with E-state index in [1.54, 1.807) is 0 Å². The molecule has 17 heavy (non-hydrogen) atoms. The van der Waals surface area contributed by atoms with Crippen molar-refractivity contribution in [2.24, 2.45) is 0 Å². The van der Waals surface area contributed by atoms with Crippen LogP contribution in [0.4, 0.5) is 0 Å². The van der Waals surface area contributed by atoms with Crippen LogP contribution in [0.25, 0.3) is 10.8 Å². The molecule has 1 heterocycles. The number of benzene rings is 2. The third-order valence-electron chi connectivity index (χ3n) is 3.67. The summed E-state index contributed by atoms with van der Waals surface area (Å²) in [5.74, 6) is 1.47. The van der Waals surface area contributed by atoms with Gasteiger partial charge in [-0.3, -0.25) is 0 Å².